The summed E-state index contributed by atoms with van der Waals surface area (Å²) in [6, 6.07) is 9.20. The maximum Gasteiger partial charge on any atom is 0.325 e. The van der Waals surface area contributed by atoms with E-state index in [1.807, 2.05) is 30.3 Å². The summed E-state index contributed by atoms with van der Waals surface area (Å²) in [4.78, 5) is 29.4. The van der Waals surface area contributed by atoms with E-state index in [1.54, 1.807) is 0 Å². The van der Waals surface area contributed by atoms with Gasteiger partial charge in [-0.25, -0.2) is 4.98 Å². The summed E-state index contributed by atoms with van der Waals surface area (Å²) in [6.07, 6.45) is 1.53. The van der Waals surface area contributed by atoms with Crippen molar-refractivity contribution >= 4 is 11.7 Å². The maximum atomic E-state index is 13.0. The number of rotatable bonds is 9. The topological polar surface area (TPSA) is 121 Å². The number of nitrogens with zero attached hydrogens (tertiary/aromatic N) is 2. The average Bonchev–Trinajstić information content (AvgIpc) is 3.23. The number of hydrogen-bond donors (Lipinski definition) is 2. The fraction of sp³-hybridized carbons (Fsp3) is 0.522. The second-order valence-corrected chi connectivity index (χ2v) is 8.01. The maximum absolute atomic E-state index is 13.0. The summed E-state index contributed by atoms with van der Waals surface area (Å²) in [5.74, 6) is -0.136. The zero-order valence-corrected chi connectivity index (χ0v) is 18.5. The van der Waals surface area contributed by atoms with Crippen LogP contribution in [0.3, 0.4) is 0 Å². The number of carbonyl (C=O) groups is 1. The molecule has 2 aliphatic rings. The summed E-state index contributed by atoms with van der Waals surface area (Å²) in [5.41, 5.74) is 0.676. The molecule has 0 saturated carbocycles. The van der Waals surface area contributed by atoms with Gasteiger partial charge in [-0.3, -0.25) is 14.2 Å². The highest BCUT2D eigenvalue weighted by molar-refractivity contribution is 5.70. The van der Waals surface area contributed by atoms with E-state index in [-0.39, 0.29) is 37.0 Å². The van der Waals surface area contributed by atoms with Gasteiger partial charge in [0, 0.05) is 25.3 Å². The number of methoxy groups -OCH3 is 1. The van der Waals surface area contributed by atoms with Gasteiger partial charge in [0.15, 0.2) is 0 Å². The van der Waals surface area contributed by atoms with Crippen molar-refractivity contribution in [3.63, 3.8) is 0 Å². The van der Waals surface area contributed by atoms with Crippen LogP contribution in [0.5, 0.6) is 0 Å². The summed E-state index contributed by atoms with van der Waals surface area (Å²) in [5, 5.41) is 13.0. The number of aliphatic hydroxyl groups is 1. The lowest BCUT2D eigenvalue weighted by Gasteiger charge is -2.33. The molecule has 0 radical (unpaired) electrons. The van der Waals surface area contributed by atoms with E-state index in [0.29, 0.717) is 44.1 Å². The highest BCUT2D eigenvalue weighted by Gasteiger charge is 2.44. The Morgan fingerprint density at radius 3 is 2.88 bits per heavy atom. The normalized spacial score (nSPS) is 24.3. The van der Waals surface area contributed by atoms with Crippen LogP contribution in [0.25, 0.3) is 11.4 Å². The highest BCUT2D eigenvalue weighted by Crippen LogP contribution is 2.28. The number of hydrogen-bond acceptors (Lipinski definition) is 9. The molecule has 0 spiro atoms. The van der Waals surface area contributed by atoms with Gasteiger partial charge in [-0.1, -0.05) is 30.3 Å². The Balaban J connectivity index is 1.36. The number of anilines is 1. The molecular weight excluding hydrogens is 430 g/mol. The van der Waals surface area contributed by atoms with Crippen molar-refractivity contribution in [3.05, 3.63) is 46.9 Å². The molecule has 0 unspecified atom stereocenters. The number of carbonyl (C=O) groups excluding carboxylic acids is 1. The molecule has 0 amide bonds. The Hall–Kier alpha value is -2.79. The molecule has 1 aromatic carbocycles. The highest BCUT2D eigenvalue weighted by atomic mass is 16.6. The minimum absolute atomic E-state index is 0.120. The molecule has 4 rings (SSSR count). The van der Waals surface area contributed by atoms with Crippen LogP contribution in [-0.4, -0.2) is 78.5 Å². The molecule has 1 aromatic heterocycles. The van der Waals surface area contributed by atoms with Crippen LogP contribution < -0.4 is 10.9 Å². The third-order valence-electron chi connectivity index (χ3n) is 5.80. The van der Waals surface area contributed by atoms with E-state index in [4.69, 9.17) is 18.9 Å². The molecule has 4 atom stereocenters. The van der Waals surface area contributed by atoms with E-state index in [9.17, 15) is 14.7 Å². The molecule has 10 heteroatoms. The summed E-state index contributed by atoms with van der Waals surface area (Å²) in [7, 11) is 1.28. The molecule has 2 aliphatic heterocycles. The van der Waals surface area contributed by atoms with Crippen LogP contribution in [-0.2, 0) is 30.3 Å². The van der Waals surface area contributed by atoms with Crippen molar-refractivity contribution in [2.24, 2.45) is 0 Å². The Kier molecular flexibility index (Phi) is 7.71. The van der Waals surface area contributed by atoms with Gasteiger partial charge in [0.2, 0.25) is 0 Å². The minimum atomic E-state index is -0.610. The number of ether oxygens (including phenoxy) is 4. The lowest BCUT2D eigenvalue weighted by Crippen LogP contribution is -2.47. The first-order chi connectivity index (χ1) is 16.1. The smallest absolute Gasteiger partial charge is 0.325 e. The SMILES string of the molecule is COC(=O)Cn1c(-c2ccccc2)ncc(NCCCO[C@@H]2CCO[C@H]3[C@@H]2OC[C@H]3O)c1=O. The van der Waals surface area contributed by atoms with Crippen LogP contribution in [0, 0.1) is 0 Å². The predicted octanol–water partition coefficient (Wildman–Crippen LogP) is 0.819. The standard InChI is InChI=1S/C23H29N3O7/c1-30-19(28)13-26-22(15-6-3-2-4-7-15)25-12-16(23(26)29)24-9-5-10-31-18-8-11-32-20-17(27)14-33-21(18)20/h2-4,6-7,12,17-18,20-21,24,27H,5,8-11,13-14H2,1H3/t17-,18-,20-,21-/m1/s1. The third kappa shape index (κ3) is 5.41. The van der Waals surface area contributed by atoms with E-state index < -0.39 is 12.1 Å². The zero-order chi connectivity index (χ0) is 23.2. The quantitative estimate of drug-likeness (QED) is 0.415. The summed E-state index contributed by atoms with van der Waals surface area (Å²) >= 11 is 0. The second kappa shape index (κ2) is 10.9. The van der Waals surface area contributed by atoms with Crippen molar-refractivity contribution in [1.82, 2.24) is 9.55 Å². The molecule has 2 saturated heterocycles. The van der Waals surface area contributed by atoms with Crippen molar-refractivity contribution in [2.75, 3.05) is 38.8 Å². The van der Waals surface area contributed by atoms with Crippen molar-refractivity contribution in [2.45, 2.75) is 43.8 Å². The fourth-order valence-corrected chi connectivity index (χ4v) is 4.11. The molecule has 10 nitrogen and oxygen atoms in total. The number of nitrogens with one attached hydrogen (secondary N) is 1. The number of esters is 1. The lowest BCUT2D eigenvalue weighted by atomic mass is 10.0. The Morgan fingerprint density at radius 1 is 1.27 bits per heavy atom. The predicted molar refractivity (Wildman–Crippen MR) is 119 cm³/mol. The Labute approximate surface area is 191 Å². The Bertz CT molecular complexity index is 997. The first-order valence-electron chi connectivity index (χ1n) is 11.1. The molecule has 178 valence electrons. The van der Waals surface area contributed by atoms with Gasteiger partial charge in [0.05, 0.1) is 26.0 Å². The second-order valence-electron chi connectivity index (χ2n) is 8.01. The molecule has 0 aliphatic carbocycles. The first-order valence-corrected chi connectivity index (χ1v) is 11.1. The monoisotopic (exact) mass is 459 g/mol. The van der Waals surface area contributed by atoms with Gasteiger partial charge >= 0.3 is 5.97 Å². The molecule has 0 bridgehead atoms. The molecule has 2 fully saturated rings. The lowest BCUT2D eigenvalue weighted by molar-refractivity contribution is -0.146. The minimum Gasteiger partial charge on any atom is -0.468 e. The third-order valence-corrected chi connectivity index (χ3v) is 5.80. The van der Waals surface area contributed by atoms with Crippen LogP contribution in [0.1, 0.15) is 12.8 Å². The van der Waals surface area contributed by atoms with Gasteiger partial charge in [0.1, 0.15) is 36.4 Å². The van der Waals surface area contributed by atoms with Crippen LogP contribution in [0.4, 0.5) is 5.69 Å². The fourth-order valence-electron chi connectivity index (χ4n) is 4.11. The van der Waals surface area contributed by atoms with Crippen molar-refractivity contribution in [3.8, 4) is 11.4 Å². The summed E-state index contributed by atoms with van der Waals surface area (Å²) in [6.45, 7) is 1.51. The number of aromatic nitrogens is 2. The first kappa shape index (κ1) is 23.4. The van der Waals surface area contributed by atoms with E-state index in [0.717, 1.165) is 5.56 Å². The van der Waals surface area contributed by atoms with Crippen LogP contribution in [0.15, 0.2) is 41.3 Å². The number of benzene rings is 1. The number of fused-ring (bicyclic) bond motifs is 1. The van der Waals surface area contributed by atoms with Crippen molar-refractivity contribution in [1.29, 1.82) is 0 Å². The summed E-state index contributed by atoms with van der Waals surface area (Å²) < 4.78 is 23.2. The molecular formula is C23H29N3O7. The van der Waals surface area contributed by atoms with Gasteiger partial charge in [-0.2, -0.15) is 0 Å². The van der Waals surface area contributed by atoms with Crippen LogP contribution >= 0.6 is 0 Å². The van der Waals surface area contributed by atoms with E-state index in [2.05, 4.69) is 10.3 Å². The Morgan fingerprint density at radius 2 is 2.09 bits per heavy atom. The largest absolute Gasteiger partial charge is 0.468 e. The molecule has 33 heavy (non-hydrogen) atoms. The zero-order valence-electron chi connectivity index (χ0n) is 18.5. The van der Waals surface area contributed by atoms with Gasteiger partial charge in [-0.05, 0) is 12.8 Å². The van der Waals surface area contributed by atoms with Gasteiger partial charge < -0.3 is 29.4 Å². The van der Waals surface area contributed by atoms with Gasteiger partial charge in [-0.15, -0.1) is 0 Å². The van der Waals surface area contributed by atoms with E-state index >= 15 is 0 Å². The van der Waals surface area contributed by atoms with Crippen molar-refractivity contribution < 1.29 is 28.8 Å². The average molecular weight is 459 g/mol. The molecule has 2 aromatic rings. The number of aliphatic hydroxyl groups excluding tert-OH is 1. The van der Waals surface area contributed by atoms with E-state index in [1.165, 1.54) is 17.9 Å². The molecule has 3 heterocycles. The van der Waals surface area contributed by atoms with Gasteiger partial charge in [0.25, 0.3) is 5.56 Å². The van der Waals surface area contributed by atoms with Crippen LogP contribution in [0.2, 0.25) is 0 Å². The molecule has 2 N–H and O–H groups in total.